The average molecular weight is 207 g/mol. The lowest BCUT2D eigenvalue weighted by Gasteiger charge is -2.19. The number of hydrogen-bond acceptors (Lipinski definition) is 2. The maximum Gasteiger partial charge on any atom is 0.107 e. The van der Waals surface area contributed by atoms with Crippen molar-refractivity contribution in [1.82, 2.24) is 15.3 Å². The summed E-state index contributed by atoms with van der Waals surface area (Å²) in [5.41, 5.74) is 0. The van der Waals surface area contributed by atoms with Crippen molar-refractivity contribution in [2.75, 3.05) is 6.54 Å². The smallest absolute Gasteiger partial charge is 0.107 e. The number of nitrogens with zero attached hydrogens (tertiary/aromatic N) is 1. The van der Waals surface area contributed by atoms with Gasteiger partial charge in [-0.15, -0.1) is 0 Å². The van der Waals surface area contributed by atoms with Crippen molar-refractivity contribution in [1.29, 1.82) is 0 Å². The summed E-state index contributed by atoms with van der Waals surface area (Å²) in [5.74, 6) is 2.00. The molecule has 15 heavy (non-hydrogen) atoms. The molecule has 1 fully saturated rings. The van der Waals surface area contributed by atoms with Crippen molar-refractivity contribution in [3.63, 3.8) is 0 Å². The van der Waals surface area contributed by atoms with Crippen LogP contribution < -0.4 is 5.32 Å². The van der Waals surface area contributed by atoms with E-state index in [1.165, 1.54) is 25.7 Å². The van der Waals surface area contributed by atoms with Crippen LogP contribution in [0.3, 0.4) is 0 Å². The molecule has 1 aliphatic carbocycles. The van der Waals surface area contributed by atoms with Crippen LogP contribution in [-0.4, -0.2) is 22.6 Å². The highest BCUT2D eigenvalue weighted by molar-refractivity contribution is 4.89. The Morgan fingerprint density at radius 3 is 3.20 bits per heavy atom. The van der Waals surface area contributed by atoms with E-state index in [0.29, 0.717) is 0 Å². The van der Waals surface area contributed by atoms with Gasteiger partial charge in [-0.1, -0.05) is 19.8 Å². The molecule has 2 N–H and O–H groups in total. The zero-order valence-electron chi connectivity index (χ0n) is 9.50. The first kappa shape index (κ1) is 10.7. The molecule has 84 valence electrons. The SMILES string of the molecule is CCC1CCCC1NCCc1ncc[nH]1. The molecule has 0 spiro atoms. The number of rotatable bonds is 5. The number of aromatic nitrogens is 2. The predicted molar refractivity (Wildman–Crippen MR) is 61.7 cm³/mol. The van der Waals surface area contributed by atoms with Crippen molar-refractivity contribution in [3.8, 4) is 0 Å². The normalized spacial score (nSPS) is 25.9. The first-order valence-corrected chi connectivity index (χ1v) is 6.11. The largest absolute Gasteiger partial charge is 0.349 e. The van der Waals surface area contributed by atoms with Crippen LogP contribution in [0.1, 0.15) is 38.4 Å². The minimum Gasteiger partial charge on any atom is -0.349 e. The Hall–Kier alpha value is -0.830. The van der Waals surface area contributed by atoms with Crippen LogP contribution >= 0.6 is 0 Å². The Balaban J connectivity index is 1.69. The Kier molecular flexibility index (Phi) is 3.78. The third-order valence-corrected chi connectivity index (χ3v) is 3.51. The standard InChI is InChI=1S/C12H21N3/c1-2-10-4-3-5-11(10)13-7-6-12-14-8-9-15-12/h8-11,13H,2-7H2,1H3,(H,14,15). The fourth-order valence-electron chi connectivity index (χ4n) is 2.60. The molecule has 1 aromatic rings. The summed E-state index contributed by atoms with van der Waals surface area (Å²) in [6, 6.07) is 0.755. The van der Waals surface area contributed by atoms with Crippen LogP contribution in [0.15, 0.2) is 12.4 Å². The highest BCUT2D eigenvalue weighted by atomic mass is 14.9. The molecule has 2 unspecified atom stereocenters. The van der Waals surface area contributed by atoms with Gasteiger partial charge in [-0.25, -0.2) is 4.98 Å². The van der Waals surface area contributed by atoms with Gasteiger partial charge >= 0.3 is 0 Å². The van der Waals surface area contributed by atoms with Crippen LogP contribution in [0.4, 0.5) is 0 Å². The molecule has 0 bridgehead atoms. The second kappa shape index (κ2) is 5.31. The molecule has 2 rings (SSSR count). The number of hydrogen-bond donors (Lipinski definition) is 2. The molecule has 1 aromatic heterocycles. The Morgan fingerprint density at radius 1 is 1.53 bits per heavy atom. The first-order valence-electron chi connectivity index (χ1n) is 6.11. The van der Waals surface area contributed by atoms with Crippen LogP contribution in [0.5, 0.6) is 0 Å². The van der Waals surface area contributed by atoms with Crippen molar-refractivity contribution < 1.29 is 0 Å². The van der Waals surface area contributed by atoms with Crippen LogP contribution in [0, 0.1) is 5.92 Å². The highest BCUT2D eigenvalue weighted by Crippen LogP contribution is 2.27. The Labute approximate surface area is 91.7 Å². The van der Waals surface area contributed by atoms with E-state index in [9.17, 15) is 0 Å². The zero-order chi connectivity index (χ0) is 10.5. The summed E-state index contributed by atoms with van der Waals surface area (Å²) >= 11 is 0. The fourth-order valence-corrected chi connectivity index (χ4v) is 2.60. The predicted octanol–water partition coefficient (Wildman–Crippen LogP) is 2.12. The quantitative estimate of drug-likeness (QED) is 0.776. The van der Waals surface area contributed by atoms with Gasteiger partial charge in [-0.05, 0) is 18.8 Å². The molecule has 2 atom stereocenters. The lowest BCUT2D eigenvalue weighted by molar-refractivity contribution is 0.392. The maximum absolute atomic E-state index is 4.22. The van der Waals surface area contributed by atoms with Gasteiger partial charge in [0, 0.05) is 31.4 Å². The molecule has 1 saturated carbocycles. The van der Waals surface area contributed by atoms with Crippen molar-refractivity contribution >= 4 is 0 Å². The summed E-state index contributed by atoms with van der Waals surface area (Å²) in [6.07, 6.45) is 10.2. The van der Waals surface area contributed by atoms with Gasteiger partial charge < -0.3 is 10.3 Å². The van der Waals surface area contributed by atoms with Crippen LogP contribution in [0.25, 0.3) is 0 Å². The second-order valence-electron chi connectivity index (χ2n) is 4.45. The van der Waals surface area contributed by atoms with E-state index in [4.69, 9.17) is 0 Å². The maximum atomic E-state index is 4.22. The van der Waals surface area contributed by atoms with E-state index in [2.05, 4.69) is 22.2 Å². The van der Waals surface area contributed by atoms with E-state index in [0.717, 1.165) is 30.7 Å². The minimum absolute atomic E-state index is 0.755. The Bertz CT molecular complexity index is 268. The monoisotopic (exact) mass is 207 g/mol. The van der Waals surface area contributed by atoms with Gasteiger partial charge in [-0.3, -0.25) is 0 Å². The number of H-pyrrole nitrogens is 1. The summed E-state index contributed by atoms with van der Waals surface area (Å²) < 4.78 is 0. The zero-order valence-corrected chi connectivity index (χ0v) is 9.50. The fraction of sp³-hybridized carbons (Fsp3) is 0.750. The van der Waals surface area contributed by atoms with E-state index in [-0.39, 0.29) is 0 Å². The molecule has 0 saturated heterocycles. The molecule has 3 nitrogen and oxygen atoms in total. The number of nitrogens with one attached hydrogen (secondary N) is 2. The molecule has 0 aromatic carbocycles. The molecule has 0 aliphatic heterocycles. The van der Waals surface area contributed by atoms with E-state index >= 15 is 0 Å². The van der Waals surface area contributed by atoms with E-state index in [1.54, 1.807) is 0 Å². The van der Waals surface area contributed by atoms with Crippen molar-refractivity contribution in [3.05, 3.63) is 18.2 Å². The molecule has 0 amide bonds. The minimum atomic E-state index is 0.755. The summed E-state index contributed by atoms with van der Waals surface area (Å²) in [5, 5.41) is 3.66. The number of imidazole rings is 1. The van der Waals surface area contributed by atoms with Gasteiger partial charge in [0.1, 0.15) is 5.82 Å². The topological polar surface area (TPSA) is 40.7 Å². The summed E-state index contributed by atoms with van der Waals surface area (Å²) in [6.45, 7) is 3.35. The van der Waals surface area contributed by atoms with Gasteiger partial charge in [0.05, 0.1) is 0 Å². The van der Waals surface area contributed by atoms with Crippen LogP contribution in [-0.2, 0) is 6.42 Å². The van der Waals surface area contributed by atoms with Gasteiger partial charge in [0.2, 0.25) is 0 Å². The molecular weight excluding hydrogens is 186 g/mol. The summed E-state index contributed by atoms with van der Waals surface area (Å²) in [4.78, 5) is 7.36. The Morgan fingerprint density at radius 2 is 2.47 bits per heavy atom. The van der Waals surface area contributed by atoms with E-state index < -0.39 is 0 Å². The lowest BCUT2D eigenvalue weighted by Crippen LogP contribution is -2.33. The third kappa shape index (κ3) is 2.81. The molecule has 1 aliphatic rings. The van der Waals surface area contributed by atoms with Gasteiger partial charge in [-0.2, -0.15) is 0 Å². The lowest BCUT2D eigenvalue weighted by atomic mass is 10.0. The van der Waals surface area contributed by atoms with Crippen molar-refractivity contribution in [2.24, 2.45) is 5.92 Å². The summed E-state index contributed by atoms with van der Waals surface area (Å²) in [7, 11) is 0. The molecule has 1 heterocycles. The molecular formula is C12H21N3. The van der Waals surface area contributed by atoms with E-state index in [1.807, 2.05) is 12.4 Å². The van der Waals surface area contributed by atoms with Gasteiger partial charge in [0.25, 0.3) is 0 Å². The third-order valence-electron chi connectivity index (χ3n) is 3.51. The average Bonchev–Trinajstić information content (AvgIpc) is 2.88. The second-order valence-corrected chi connectivity index (χ2v) is 4.45. The molecule has 0 radical (unpaired) electrons. The molecule has 3 heteroatoms. The number of aromatic amines is 1. The highest BCUT2D eigenvalue weighted by Gasteiger charge is 2.24. The van der Waals surface area contributed by atoms with Crippen molar-refractivity contribution in [2.45, 2.75) is 45.1 Å². The van der Waals surface area contributed by atoms with Crippen LogP contribution in [0.2, 0.25) is 0 Å². The van der Waals surface area contributed by atoms with Gasteiger partial charge in [0.15, 0.2) is 0 Å². The first-order chi connectivity index (χ1) is 7.40.